The van der Waals surface area contributed by atoms with Crippen LogP contribution < -0.4 is 4.90 Å². The molecule has 3 aromatic heterocycles. The second kappa shape index (κ2) is 13.1. The van der Waals surface area contributed by atoms with Crippen molar-refractivity contribution >= 4 is 92.4 Å². The van der Waals surface area contributed by atoms with Crippen LogP contribution in [-0.4, -0.2) is 0 Å². The maximum atomic E-state index is 6.78. The summed E-state index contributed by atoms with van der Waals surface area (Å²) in [4.78, 5) is 2.38. The van der Waals surface area contributed by atoms with E-state index >= 15 is 0 Å². The smallest absolute Gasteiger partial charge is 0.143 e. The van der Waals surface area contributed by atoms with Crippen LogP contribution in [0, 0.1) is 0 Å². The Morgan fingerprint density at radius 3 is 1.67 bits per heavy atom. The fraction of sp³-hybridized carbons (Fsp3) is 0. The van der Waals surface area contributed by atoms with E-state index in [9.17, 15) is 0 Å². The Hall–Kier alpha value is -7.40. The van der Waals surface area contributed by atoms with Gasteiger partial charge in [-0.3, -0.25) is 0 Å². The predicted molar refractivity (Wildman–Crippen MR) is 245 cm³/mol. The number of hydrogen-bond donors (Lipinski definition) is 0. The first-order chi connectivity index (χ1) is 28.7. The number of fused-ring (bicyclic) bond motifs is 9. The van der Waals surface area contributed by atoms with Crippen LogP contribution in [0.3, 0.4) is 0 Å². The maximum Gasteiger partial charge on any atom is 0.143 e. The number of para-hydroxylation sites is 2. The molecule has 0 aliphatic rings. The zero-order chi connectivity index (χ0) is 38.2. The van der Waals surface area contributed by atoms with Crippen molar-refractivity contribution in [3.8, 4) is 33.4 Å². The molecule has 272 valence electrons. The molecule has 12 aromatic rings. The number of rotatable bonds is 6. The second-order valence-corrected chi connectivity index (χ2v) is 15.9. The van der Waals surface area contributed by atoms with Crippen LogP contribution in [0.15, 0.2) is 209 Å². The summed E-state index contributed by atoms with van der Waals surface area (Å²) >= 11 is 1.84. The summed E-state index contributed by atoms with van der Waals surface area (Å²) in [5.41, 5.74) is 13.6. The molecule has 58 heavy (non-hydrogen) atoms. The Morgan fingerprint density at radius 2 is 0.931 bits per heavy atom. The number of nitrogens with zero attached hydrogens (tertiary/aromatic N) is 1. The first-order valence-electron chi connectivity index (χ1n) is 19.6. The van der Waals surface area contributed by atoms with E-state index in [0.717, 1.165) is 94.3 Å². The molecule has 0 fully saturated rings. The van der Waals surface area contributed by atoms with Crippen molar-refractivity contribution < 1.29 is 8.83 Å². The number of anilines is 3. The second-order valence-electron chi connectivity index (χ2n) is 14.8. The van der Waals surface area contributed by atoms with Crippen molar-refractivity contribution in [3.63, 3.8) is 0 Å². The Labute approximate surface area is 338 Å². The topological polar surface area (TPSA) is 29.5 Å². The number of furan rings is 2. The molecule has 0 unspecified atom stereocenters. The first-order valence-corrected chi connectivity index (χ1v) is 20.4. The average molecular weight is 760 g/mol. The third-order valence-corrected chi connectivity index (χ3v) is 12.6. The van der Waals surface area contributed by atoms with Crippen molar-refractivity contribution in [2.75, 3.05) is 4.90 Å². The van der Waals surface area contributed by atoms with Gasteiger partial charge in [-0.05, 0) is 76.9 Å². The normalized spacial score (nSPS) is 11.8. The van der Waals surface area contributed by atoms with Crippen molar-refractivity contribution in [2.24, 2.45) is 0 Å². The largest absolute Gasteiger partial charge is 0.455 e. The van der Waals surface area contributed by atoms with Crippen molar-refractivity contribution in [1.82, 2.24) is 0 Å². The molecular formula is C54H33NO2S. The fourth-order valence-electron chi connectivity index (χ4n) is 8.77. The zero-order valence-corrected chi connectivity index (χ0v) is 32.0. The molecule has 0 radical (unpaired) electrons. The van der Waals surface area contributed by atoms with E-state index in [-0.39, 0.29) is 0 Å². The van der Waals surface area contributed by atoms with Crippen LogP contribution >= 0.6 is 11.3 Å². The highest BCUT2D eigenvalue weighted by Crippen LogP contribution is 2.47. The van der Waals surface area contributed by atoms with Crippen LogP contribution in [0.2, 0.25) is 0 Å². The molecule has 4 heteroatoms. The average Bonchev–Trinajstić information content (AvgIpc) is 3.98. The molecule has 0 aliphatic heterocycles. The minimum Gasteiger partial charge on any atom is -0.455 e. The highest BCUT2D eigenvalue weighted by atomic mass is 32.1. The minimum absolute atomic E-state index is 0.857. The first kappa shape index (κ1) is 32.8. The fourth-order valence-corrected chi connectivity index (χ4v) is 9.89. The van der Waals surface area contributed by atoms with E-state index in [1.165, 1.54) is 20.2 Å². The van der Waals surface area contributed by atoms with E-state index in [1.54, 1.807) is 0 Å². The van der Waals surface area contributed by atoms with E-state index in [1.807, 2.05) is 23.5 Å². The van der Waals surface area contributed by atoms with Gasteiger partial charge in [-0.1, -0.05) is 140 Å². The minimum atomic E-state index is 0.857. The van der Waals surface area contributed by atoms with Gasteiger partial charge in [0.15, 0.2) is 0 Å². The van der Waals surface area contributed by atoms with Crippen LogP contribution in [0.25, 0.3) is 97.4 Å². The highest BCUT2D eigenvalue weighted by Gasteiger charge is 2.21. The van der Waals surface area contributed by atoms with Crippen molar-refractivity contribution in [3.05, 3.63) is 200 Å². The van der Waals surface area contributed by atoms with Gasteiger partial charge in [0.2, 0.25) is 0 Å². The standard InChI is InChI=1S/C54H33NO2S/c1-3-12-35(13-4-1)40-17-9-19-43-42-30-29-39(33-49(42)57-53(40)43)55(47-21-11-23-51-52(47)45-16-7-8-22-50(45)58-51)38-27-24-34(25-28-38)37-26-31-48-46(32-37)44-20-10-18-41(54(44)56-48)36-14-5-2-6-15-36/h1-33H. The number of benzene rings is 9. The van der Waals surface area contributed by atoms with Crippen molar-refractivity contribution in [2.45, 2.75) is 0 Å². The monoisotopic (exact) mass is 759 g/mol. The van der Waals surface area contributed by atoms with E-state index < -0.39 is 0 Å². The lowest BCUT2D eigenvalue weighted by Gasteiger charge is -2.26. The molecule has 0 N–H and O–H groups in total. The van der Waals surface area contributed by atoms with Gasteiger partial charge >= 0.3 is 0 Å². The lowest BCUT2D eigenvalue weighted by atomic mass is 10.00. The zero-order valence-electron chi connectivity index (χ0n) is 31.2. The van der Waals surface area contributed by atoms with Gasteiger partial charge in [0, 0.05) is 70.3 Å². The summed E-state index contributed by atoms with van der Waals surface area (Å²) in [5, 5.41) is 6.95. The Bertz CT molecular complexity index is 3500. The van der Waals surface area contributed by atoms with E-state index in [2.05, 4.69) is 193 Å². The molecule has 0 amide bonds. The Balaban J connectivity index is 1.00. The van der Waals surface area contributed by atoms with Gasteiger partial charge in [0.05, 0.1) is 5.69 Å². The summed E-state index contributed by atoms with van der Waals surface area (Å²) in [6.45, 7) is 0. The van der Waals surface area contributed by atoms with E-state index in [4.69, 9.17) is 8.83 Å². The summed E-state index contributed by atoms with van der Waals surface area (Å²) in [7, 11) is 0. The molecule has 0 bridgehead atoms. The summed E-state index contributed by atoms with van der Waals surface area (Å²) in [6.07, 6.45) is 0. The summed E-state index contributed by atoms with van der Waals surface area (Å²) < 4.78 is 15.8. The predicted octanol–water partition coefficient (Wildman–Crippen LogP) is 16.3. The third-order valence-electron chi connectivity index (χ3n) is 11.5. The molecule has 3 nitrogen and oxygen atoms in total. The lowest BCUT2D eigenvalue weighted by molar-refractivity contribution is 0.669. The molecule has 9 aromatic carbocycles. The Morgan fingerprint density at radius 1 is 0.345 bits per heavy atom. The van der Waals surface area contributed by atoms with Crippen molar-refractivity contribution in [1.29, 1.82) is 0 Å². The van der Waals surface area contributed by atoms with Crippen LogP contribution in [-0.2, 0) is 0 Å². The van der Waals surface area contributed by atoms with Gasteiger partial charge < -0.3 is 13.7 Å². The lowest BCUT2D eigenvalue weighted by Crippen LogP contribution is -2.10. The third kappa shape index (κ3) is 5.19. The molecule has 0 aliphatic carbocycles. The maximum absolute atomic E-state index is 6.78. The highest BCUT2D eigenvalue weighted by molar-refractivity contribution is 7.26. The van der Waals surface area contributed by atoms with Gasteiger partial charge in [-0.2, -0.15) is 0 Å². The van der Waals surface area contributed by atoms with Gasteiger partial charge in [-0.25, -0.2) is 0 Å². The van der Waals surface area contributed by atoms with Crippen LogP contribution in [0.1, 0.15) is 0 Å². The molecule has 0 saturated heterocycles. The van der Waals surface area contributed by atoms with Gasteiger partial charge in [0.1, 0.15) is 22.3 Å². The van der Waals surface area contributed by atoms with Crippen LogP contribution in [0.5, 0.6) is 0 Å². The molecule has 0 atom stereocenters. The summed E-state index contributed by atoms with van der Waals surface area (Å²) in [5.74, 6) is 0. The molecule has 12 rings (SSSR count). The quantitative estimate of drug-likeness (QED) is 0.169. The molecule has 0 spiro atoms. The van der Waals surface area contributed by atoms with Gasteiger partial charge in [0.25, 0.3) is 0 Å². The number of thiophene rings is 1. The van der Waals surface area contributed by atoms with E-state index in [0.29, 0.717) is 0 Å². The van der Waals surface area contributed by atoms with Crippen LogP contribution in [0.4, 0.5) is 17.1 Å². The molecule has 0 saturated carbocycles. The number of hydrogen-bond acceptors (Lipinski definition) is 4. The van der Waals surface area contributed by atoms with Gasteiger partial charge in [-0.15, -0.1) is 11.3 Å². The molecular weight excluding hydrogens is 727 g/mol. The molecule has 3 heterocycles. The Kier molecular flexibility index (Phi) is 7.40. The summed E-state index contributed by atoms with van der Waals surface area (Å²) in [6, 6.07) is 71.3. The SMILES string of the molecule is c1ccc(-c2cccc3c2oc2cc(N(c4ccc(-c5ccc6oc7c(-c8ccccc8)cccc7c6c5)cc4)c4cccc5sc6ccccc6c45)ccc23)cc1.